The Kier molecular flexibility index (Phi) is 7.42. The van der Waals surface area contributed by atoms with Crippen LogP contribution in [0, 0.1) is 10.1 Å². The second kappa shape index (κ2) is 8.81. The predicted octanol–water partition coefficient (Wildman–Crippen LogP) is 2.37. The molecule has 1 unspecified atom stereocenters. The van der Waals surface area contributed by atoms with Crippen LogP contribution in [-0.2, 0) is 11.2 Å². The molecule has 21 heavy (non-hydrogen) atoms. The molecule has 0 aliphatic heterocycles. The maximum Gasteiger partial charge on any atom is 0.321 e. The average molecular weight is 335 g/mol. The number of benzene rings is 1. The van der Waals surface area contributed by atoms with E-state index in [0.717, 1.165) is 0 Å². The first-order valence-corrected chi connectivity index (χ1v) is 7.38. The normalized spacial score (nSPS) is 12.3. The maximum absolute atomic E-state index is 11.4. The third-order valence-corrected chi connectivity index (χ3v) is 3.38. The highest BCUT2D eigenvalue weighted by Gasteiger charge is 2.25. The van der Waals surface area contributed by atoms with Crippen molar-refractivity contribution < 1.29 is 14.8 Å². The number of alkyl halides is 2. The number of nitro benzene ring substituents is 1. The van der Waals surface area contributed by atoms with Crippen LogP contribution in [0.15, 0.2) is 24.3 Å². The highest BCUT2D eigenvalue weighted by Crippen LogP contribution is 2.15. The molecular weight excluding hydrogens is 319 g/mol. The van der Waals surface area contributed by atoms with Crippen LogP contribution in [0.4, 0.5) is 5.69 Å². The van der Waals surface area contributed by atoms with Crippen LogP contribution in [0.2, 0.25) is 0 Å². The first-order valence-electron chi connectivity index (χ1n) is 6.31. The van der Waals surface area contributed by atoms with Gasteiger partial charge in [0.15, 0.2) is 0 Å². The van der Waals surface area contributed by atoms with Crippen LogP contribution in [0.25, 0.3) is 0 Å². The minimum Gasteiger partial charge on any atom is -0.480 e. The molecule has 0 saturated heterocycles. The lowest BCUT2D eigenvalue weighted by Crippen LogP contribution is -2.44. The monoisotopic (exact) mass is 334 g/mol. The molecule has 0 heterocycles. The number of carboxylic acid groups (broad SMARTS) is 1. The molecule has 1 rings (SSSR count). The fraction of sp³-hybridized carbons (Fsp3) is 0.462. The largest absolute Gasteiger partial charge is 0.480 e. The van der Waals surface area contributed by atoms with Gasteiger partial charge in [-0.05, 0) is 12.0 Å². The van der Waals surface area contributed by atoms with Gasteiger partial charge in [-0.25, -0.2) is 0 Å². The number of rotatable bonds is 9. The quantitative estimate of drug-likeness (QED) is 0.425. The van der Waals surface area contributed by atoms with Crippen molar-refractivity contribution in [2.75, 3.05) is 24.8 Å². The van der Waals surface area contributed by atoms with E-state index in [1.54, 1.807) is 17.0 Å². The number of nitrogens with zero attached hydrogens (tertiary/aromatic N) is 2. The molecule has 0 bridgehead atoms. The molecule has 1 aromatic rings. The van der Waals surface area contributed by atoms with E-state index < -0.39 is 16.9 Å². The summed E-state index contributed by atoms with van der Waals surface area (Å²) in [4.78, 5) is 23.2. The summed E-state index contributed by atoms with van der Waals surface area (Å²) >= 11 is 11.4. The van der Waals surface area contributed by atoms with Crippen molar-refractivity contribution in [1.82, 2.24) is 4.90 Å². The first kappa shape index (κ1) is 17.7. The summed E-state index contributed by atoms with van der Waals surface area (Å²) in [7, 11) is 0. The van der Waals surface area contributed by atoms with E-state index in [-0.39, 0.29) is 12.1 Å². The van der Waals surface area contributed by atoms with Gasteiger partial charge in [-0.3, -0.25) is 19.8 Å². The molecule has 0 amide bonds. The molecular formula is C13H16Cl2N2O4. The number of aliphatic carboxylic acids is 1. The Balaban J connectivity index is 2.86. The van der Waals surface area contributed by atoms with E-state index in [4.69, 9.17) is 23.2 Å². The smallest absolute Gasteiger partial charge is 0.321 e. The van der Waals surface area contributed by atoms with E-state index in [1.807, 2.05) is 0 Å². The first-order chi connectivity index (χ1) is 9.99. The average Bonchev–Trinajstić information content (AvgIpc) is 2.45. The lowest BCUT2D eigenvalue weighted by atomic mass is 10.0. The summed E-state index contributed by atoms with van der Waals surface area (Å²) in [5.41, 5.74) is 0.686. The summed E-state index contributed by atoms with van der Waals surface area (Å²) in [5, 5.41) is 20.0. The van der Waals surface area contributed by atoms with Crippen molar-refractivity contribution in [1.29, 1.82) is 0 Å². The molecule has 0 aliphatic rings. The second-order valence-electron chi connectivity index (χ2n) is 4.40. The number of nitro groups is 1. The number of non-ortho nitro benzene ring substituents is 1. The highest BCUT2D eigenvalue weighted by molar-refractivity contribution is 6.18. The van der Waals surface area contributed by atoms with Crippen molar-refractivity contribution in [3.63, 3.8) is 0 Å². The van der Waals surface area contributed by atoms with Crippen LogP contribution in [0.1, 0.15) is 5.56 Å². The van der Waals surface area contributed by atoms with Crippen LogP contribution in [-0.4, -0.2) is 51.8 Å². The molecule has 6 nitrogen and oxygen atoms in total. The van der Waals surface area contributed by atoms with Gasteiger partial charge in [0.25, 0.3) is 5.69 Å². The van der Waals surface area contributed by atoms with Crippen molar-refractivity contribution in [3.8, 4) is 0 Å². The lowest BCUT2D eigenvalue weighted by molar-refractivity contribution is -0.384. The van der Waals surface area contributed by atoms with Crippen molar-refractivity contribution >= 4 is 34.9 Å². The second-order valence-corrected chi connectivity index (χ2v) is 5.15. The highest BCUT2D eigenvalue weighted by atomic mass is 35.5. The van der Waals surface area contributed by atoms with Crippen LogP contribution >= 0.6 is 23.2 Å². The van der Waals surface area contributed by atoms with Crippen molar-refractivity contribution in [3.05, 3.63) is 39.9 Å². The molecule has 0 radical (unpaired) electrons. The lowest BCUT2D eigenvalue weighted by Gasteiger charge is -2.27. The molecule has 116 valence electrons. The van der Waals surface area contributed by atoms with Crippen molar-refractivity contribution in [2.45, 2.75) is 12.5 Å². The zero-order valence-electron chi connectivity index (χ0n) is 11.2. The number of hydrogen-bond acceptors (Lipinski definition) is 4. The Morgan fingerprint density at radius 2 is 1.76 bits per heavy atom. The summed E-state index contributed by atoms with van der Waals surface area (Å²) in [5.74, 6) is -0.356. The maximum atomic E-state index is 11.4. The topological polar surface area (TPSA) is 83.7 Å². The molecule has 0 fully saturated rings. The molecule has 1 aromatic carbocycles. The van der Waals surface area contributed by atoms with E-state index in [1.165, 1.54) is 12.1 Å². The molecule has 1 atom stereocenters. The zero-order chi connectivity index (χ0) is 15.8. The fourth-order valence-electron chi connectivity index (χ4n) is 1.99. The summed E-state index contributed by atoms with van der Waals surface area (Å²) in [6.45, 7) is 0.830. The van der Waals surface area contributed by atoms with Gasteiger partial charge in [-0.1, -0.05) is 12.1 Å². The minimum atomic E-state index is -0.969. The van der Waals surface area contributed by atoms with Gasteiger partial charge < -0.3 is 5.11 Å². The molecule has 0 saturated carbocycles. The Hall–Kier alpha value is -1.37. The van der Waals surface area contributed by atoms with Gasteiger partial charge in [0, 0.05) is 37.0 Å². The SMILES string of the molecule is O=C(O)C(Cc1ccc([N+](=O)[O-])cc1)N(CCCl)CCCl. The fourth-order valence-corrected chi connectivity index (χ4v) is 2.42. The van der Waals surface area contributed by atoms with Gasteiger partial charge in [0.1, 0.15) is 6.04 Å². The standard InChI is InChI=1S/C13H16Cl2N2O4/c14-5-7-16(8-6-15)12(13(18)19)9-10-1-3-11(4-2-10)17(20)21/h1-4,12H,5-9H2,(H,18,19). The third kappa shape index (κ3) is 5.49. The van der Waals surface area contributed by atoms with E-state index >= 15 is 0 Å². The Morgan fingerprint density at radius 1 is 1.24 bits per heavy atom. The van der Waals surface area contributed by atoms with Crippen molar-refractivity contribution in [2.24, 2.45) is 0 Å². The Morgan fingerprint density at radius 3 is 2.14 bits per heavy atom. The molecule has 1 N–H and O–H groups in total. The van der Waals surface area contributed by atoms with Gasteiger partial charge in [0.05, 0.1) is 4.92 Å². The number of carbonyl (C=O) groups is 1. The summed E-state index contributed by atoms with van der Waals surface area (Å²) in [6.07, 6.45) is 0.237. The molecule has 8 heteroatoms. The van der Waals surface area contributed by atoms with E-state index in [9.17, 15) is 20.0 Å². The van der Waals surface area contributed by atoms with Gasteiger partial charge in [-0.2, -0.15) is 0 Å². The molecule has 0 spiro atoms. The molecule has 0 aliphatic carbocycles. The number of halogens is 2. The zero-order valence-corrected chi connectivity index (χ0v) is 12.8. The Labute approximate surface area is 132 Å². The van der Waals surface area contributed by atoms with Crippen LogP contribution < -0.4 is 0 Å². The summed E-state index contributed by atoms with van der Waals surface area (Å²) in [6, 6.07) is 5.09. The number of hydrogen-bond donors (Lipinski definition) is 1. The minimum absolute atomic E-state index is 0.0241. The Bertz CT molecular complexity index is 476. The predicted molar refractivity (Wildman–Crippen MR) is 81.2 cm³/mol. The van der Waals surface area contributed by atoms with Gasteiger partial charge in [0.2, 0.25) is 0 Å². The molecule has 0 aromatic heterocycles. The van der Waals surface area contributed by atoms with E-state index in [0.29, 0.717) is 30.4 Å². The van der Waals surface area contributed by atoms with Gasteiger partial charge >= 0.3 is 5.97 Å². The summed E-state index contributed by atoms with van der Waals surface area (Å²) < 4.78 is 0. The van der Waals surface area contributed by atoms with Gasteiger partial charge in [-0.15, -0.1) is 23.2 Å². The number of carboxylic acids is 1. The van der Waals surface area contributed by atoms with Crippen LogP contribution in [0.3, 0.4) is 0 Å². The van der Waals surface area contributed by atoms with Crippen LogP contribution in [0.5, 0.6) is 0 Å². The van der Waals surface area contributed by atoms with E-state index in [2.05, 4.69) is 0 Å². The third-order valence-electron chi connectivity index (χ3n) is 3.05.